The van der Waals surface area contributed by atoms with E-state index >= 15 is 0 Å². The smallest absolute Gasteiger partial charge is 0.248 e. The summed E-state index contributed by atoms with van der Waals surface area (Å²) >= 11 is 1.44. The van der Waals surface area contributed by atoms with Crippen LogP contribution in [0.25, 0.3) is 0 Å². The Bertz CT molecular complexity index is 980. The molecule has 1 aliphatic rings. The van der Waals surface area contributed by atoms with Gasteiger partial charge in [-0.1, -0.05) is 6.42 Å². The molecular weight excluding hydrogens is 422 g/mol. The molecule has 2 heterocycles. The lowest BCUT2D eigenvalue weighted by atomic mass is 10.2. The second-order valence-corrected chi connectivity index (χ2v) is 10.1. The van der Waals surface area contributed by atoms with Gasteiger partial charge in [-0.3, -0.25) is 4.79 Å². The SMILES string of the molecule is CN(C)c1ccc(S(=O)(=O)N2CCCCC2)cc1NC(=O)C=CSCc1ccco1. The van der Waals surface area contributed by atoms with Gasteiger partial charge in [0.1, 0.15) is 5.76 Å². The third-order valence-corrected chi connectivity index (χ3v) is 7.46. The van der Waals surface area contributed by atoms with Crippen LogP contribution in [0, 0.1) is 0 Å². The van der Waals surface area contributed by atoms with Crippen molar-refractivity contribution < 1.29 is 17.6 Å². The fourth-order valence-corrected chi connectivity index (χ4v) is 5.42. The predicted molar refractivity (Wildman–Crippen MR) is 121 cm³/mol. The fraction of sp³-hybridized carbons (Fsp3) is 0.381. The largest absolute Gasteiger partial charge is 0.468 e. The van der Waals surface area contributed by atoms with Crippen molar-refractivity contribution in [2.75, 3.05) is 37.4 Å². The van der Waals surface area contributed by atoms with E-state index in [2.05, 4.69) is 5.32 Å². The minimum Gasteiger partial charge on any atom is -0.468 e. The number of piperidine rings is 1. The maximum Gasteiger partial charge on any atom is 0.248 e. The Morgan fingerprint density at radius 3 is 2.67 bits per heavy atom. The molecular formula is C21H27N3O4S2. The number of hydrogen-bond acceptors (Lipinski definition) is 6. The minimum absolute atomic E-state index is 0.196. The number of amides is 1. The summed E-state index contributed by atoms with van der Waals surface area (Å²) in [6.07, 6.45) is 5.84. The quantitative estimate of drug-likeness (QED) is 0.616. The van der Waals surface area contributed by atoms with E-state index in [-0.39, 0.29) is 10.8 Å². The Kier molecular flexibility index (Phi) is 7.63. The number of carbonyl (C=O) groups is 1. The van der Waals surface area contributed by atoms with Crippen molar-refractivity contribution in [3.8, 4) is 0 Å². The molecule has 2 aromatic rings. The highest BCUT2D eigenvalue weighted by Crippen LogP contribution is 2.30. The second-order valence-electron chi connectivity index (χ2n) is 7.22. The summed E-state index contributed by atoms with van der Waals surface area (Å²) in [7, 11) is 0.114. The first-order chi connectivity index (χ1) is 14.4. The first-order valence-electron chi connectivity index (χ1n) is 9.81. The molecule has 1 saturated heterocycles. The lowest BCUT2D eigenvalue weighted by molar-refractivity contribution is -0.111. The van der Waals surface area contributed by atoms with E-state index in [1.165, 1.54) is 22.1 Å². The third-order valence-electron chi connectivity index (χ3n) is 4.78. The Balaban J connectivity index is 1.73. The monoisotopic (exact) mass is 449 g/mol. The van der Waals surface area contributed by atoms with Crippen molar-refractivity contribution in [3.63, 3.8) is 0 Å². The molecule has 1 fully saturated rings. The zero-order chi connectivity index (χ0) is 21.6. The van der Waals surface area contributed by atoms with Crippen LogP contribution in [0.2, 0.25) is 0 Å². The number of rotatable bonds is 8. The van der Waals surface area contributed by atoms with Crippen LogP contribution in [0.5, 0.6) is 0 Å². The summed E-state index contributed by atoms with van der Waals surface area (Å²) in [5, 5.41) is 4.51. The van der Waals surface area contributed by atoms with Gasteiger partial charge in [0.15, 0.2) is 0 Å². The van der Waals surface area contributed by atoms with Crippen molar-refractivity contribution in [2.24, 2.45) is 0 Å². The topological polar surface area (TPSA) is 82.9 Å². The molecule has 0 unspecified atom stereocenters. The molecule has 1 aliphatic heterocycles. The molecule has 1 aromatic carbocycles. The van der Waals surface area contributed by atoms with Gasteiger partial charge in [0, 0.05) is 33.3 Å². The zero-order valence-corrected chi connectivity index (χ0v) is 18.8. The lowest BCUT2D eigenvalue weighted by Gasteiger charge is -2.26. The zero-order valence-electron chi connectivity index (χ0n) is 17.2. The summed E-state index contributed by atoms with van der Waals surface area (Å²) in [6.45, 7) is 1.07. The van der Waals surface area contributed by atoms with Gasteiger partial charge >= 0.3 is 0 Å². The van der Waals surface area contributed by atoms with E-state index < -0.39 is 10.0 Å². The number of nitrogens with one attached hydrogen (secondary N) is 1. The number of nitrogens with zero attached hydrogens (tertiary/aromatic N) is 2. The second kappa shape index (κ2) is 10.2. The summed E-state index contributed by atoms with van der Waals surface area (Å²) in [4.78, 5) is 14.4. The van der Waals surface area contributed by atoms with E-state index in [1.54, 1.807) is 29.9 Å². The maximum absolute atomic E-state index is 13.0. The van der Waals surface area contributed by atoms with Gasteiger partial charge in [0.2, 0.25) is 15.9 Å². The van der Waals surface area contributed by atoms with Crippen LogP contribution in [0.4, 0.5) is 11.4 Å². The molecule has 162 valence electrons. The normalized spacial score (nSPS) is 15.4. The summed E-state index contributed by atoms with van der Waals surface area (Å²) in [5.74, 6) is 1.14. The van der Waals surface area contributed by atoms with Gasteiger partial charge in [0.25, 0.3) is 0 Å². The molecule has 0 atom stereocenters. The fourth-order valence-electron chi connectivity index (χ4n) is 3.23. The number of hydrogen-bond donors (Lipinski definition) is 1. The molecule has 0 aliphatic carbocycles. The minimum atomic E-state index is -3.58. The molecule has 9 heteroatoms. The summed E-state index contributed by atoms with van der Waals surface area (Å²) in [6, 6.07) is 8.56. The molecule has 0 bridgehead atoms. The number of furan rings is 1. The van der Waals surface area contributed by atoms with E-state index in [9.17, 15) is 13.2 Å². The van der Waals surface area contributed by atoms with Gasteiger partial charge in [-0.2, -0.15) is 4.31 Å². The third kappa shape index (κ3) is 5.68. The summed E-state index contributed by atoms with van der Waals surface area (Å²) in [5.41, 5.74) is 1.20. The van der Waals surface area contributed by atoms with Crippen LogP contribution >= 0.6 is 11.8 Å². The Labute approximate surface area is 182 Å². The van der Waals surface area contributed by atoms with Crippen LogP contribution < -0.4 is 10.2 Å². The van der Waals surface area contributed by atoms with Crippen molar-refractivity contribution in [1.82, 2.24) is 4.31 Å². The number of anilines is 2. The lowest BCUT2D eigenvalue weighted by Crippen LogP contribution is -2.35. The first-order valence-corrected chi connectivity index (χ1v) is 12.3. The predicted octanol–water partition coefficient (Wildman–Crippen LogP) is 3.91. The molecule has 0 spiro atoms. The molecule has 0 radical (unpaired) electrons. The number of sulfonamides is 1. The average Bonchev–Trinajstić information content (AvgIpc) is 3.25. The highest BCUT2D eigenvalue weighted by Gasteiger charge is 2.26. The van der Waals surface area contributed by atoms with Crippen LogP contribution in [0.15, 0.2) is 57.4 Å². The molecule has 1 amide bonds. The van der Waals surface area contributed by atoms with E-state index in [4.69, 9.17) is 4.42 Å². The van der Waals surface area contributed by atoms with Gasteiger partial charge in [-0.25, -0.2) is 8.42 Å². The Morgan fingerprint density at radius 2 is 2.00 bits per heavy atom. The molecule has 7 nitrogen and oxygen atoms in total. The first kappa shape index (κ1) is 22.5. The maximum atomic E-state index is 13.0. The molecule has 1 aromatic heterocycles. The van der Waals surface area contributed by atoms with Crippen LogP contribution in [-0.4, -0.2) is 45.8 Å². The van der Waals surface area contributed by atoms with Crippen molar-refractivity contribution in [2.45, 2.75) is 29.9 Å². The molecule has 30 heavy (non-hydrogen) atoms. The number of carbonyl (C=O) groups excluding carboxylic acids is 1. The van der Waals surface area contributed by atoms with E-state index in [0.29, 0.717) is 24.5 Å². The Morgan fingerprint density at radius 1 is 1.23 bits per heavy atom. The van der Waals surface area contributed by atoms with Crippen molar-refractivity contribution >= 4 is 39.1 Å². The van der Waals surface area contributed by atoms with Crippen molar-refractivity contribution in [3.05, 3.63) is 53.8 Å². The molecule has 1 N–H and O–H groups in total. The number of thioether (sulfide) groups is 1. The van der Waals surface area contributed by atoms with E-state index in [0.717, 1.165) is 30.7 Å². The van der Waals surface area contributed by atoms with Crippen LogP contribution in [-0.2, 0) is 20.6 Å². The van der Waals surface area contributed by atoms with Crippen LogP contribution in [0.3, 0.4) is 0 Å². The van der Waals surface area contributed by atoms with Gasteiger partial charge in [-0.15, -0.1) is 11.8 Å². The molecule has 0 saturated carbocycles. The van der Waals surface area contributed by atoms with Gasteiger partial charge < -0.3 is 14.6 Å². The van der Waals surface area contributed by atoms with Gasteiger partial charge in [0.05, 0.1) is 28.3 Å². The highest BCUT2D eigenvalue weighted by atomic mass is 32.2. The van der Waals surface area contributed by atoms with Crippen molar-refractivity contribution in [1.29, 1.82) is 0 Å². The standard InChI is InChI=1S/C21H27N3O4S2/c1-23(2)20-9-8-18(30(26,27)24-11-4-3-5-12-24)15-19(20)22-21(25)10-14-29-16-17-7-6-13-28-17/h6-10,13-15H,3-5,11-12,16H2,1-2H3,(H,22,25). The highest BCUT2D eigenvalue weighted by molar-refractivity contribution is 8.01. The molecule has 3 rings (SSSR count). The number of benzene rings is 1. The summed E-state index contributed by atoms with van der Waals surface area (Å²) < 4.78 is 32.8. The van der Waals surface area contributed by atoms with Crippen LogP contribution in [0.1, 0.15) is 25.0 Å². The van der Waals surface area contributed by atoms with E-state index in [1.807, 2.05) is 31.1 Å². The van der Waals surface area contributed by atoms with Gasteiger partial charge in [-0.05, 0) is 48.6 Å². The average molecular weight is 450 g/mol. The Hall–Kier alpha value is -2.23.